The molecule has 2 aromatic carbocycles. The van der Waals surface area contributed by atoms with Crippen LogP contribution in [0.4, 0.5) is 5.69 Å². The Kier molecular flexibility index (Phi) is 5.16. The lowest BCUT2D eigenvalue weighted by Crippen LogP contribution is -1.91. The van der Waals surface area contributed by atoms with Crippen molar-refractivity contribution in [1.29, 1.82) is 0 Å². The van der Waals surface area contributed by atoms with Gasteiger partial charge in [-0.15, -0.1) is 0 Å². The summed E-state index contributed by atoms with van der Waals surface area (Å²) in [7, 11) is 3.13. The Balaban J connectivity index is 2.42. The minimum atomic E-state index is -0.0621. The van der Waals surface area contributed by atoms with Crippen molar-refractivity contribution in [3.05, 3.63) is 45.4 Å². The number of aliphatic imine (C=N–C) groups is 1. The summed E-state index contributed by atoms with van der Waals surface area (Å²) in [5.74, 6) is 1.15. The molecule has 0 unspecified atom stereocenters. The predicted molar refractivity (Wildman–Crippen MR) is 89.7 cm³/mol. The number of hydrogen-bond donors (Lipinski definition) is 1. The van der Waals surface area contributed by atoms with Gasteiger partial charge in [-0.2, -0.15) is 0 Å². The smallest absolute Gasteiger partial charge is 0.162 e. The number of nitrogens with zero attached hydrogens (tertiary/aromatic N) is 1. The Bertz CT molecular complexity index is 730. The monoisotopic (exact) mass is 339 g/mol. The van der Waals surface area contributed by atoms with E-state index in [1.807, 2.05) is 13.0 Å². The van der Waals surface area contributed by atoms with E-state index in [1.54, 1.807) is 26.4 Å². The van der Waals surface area contributed by atoms with Gasteiger partial charge < -0.3 is 14.6 Å². The molecule has 0 aliphatic heterocycles. The van der Waals surface area contributed by atoms with E-state index in [0.29, 0.717) is 27.8 Å². The first-order valence-corrected chi connectivity index (χ1v) is 7.16. The summed E-state index contributed by atoms with van der Waals surface area (Å²) in [6.45, 7) is 1.90. The van der Waals surface area contributed by atoms with Gasteiger partial charge in [0.2, 0.25) is 0 Å². The highest BCUT2D eigenvalue weighted by Gasteiger charge is 2.09. The second kappa shape index (κ2) is 6.90. The van der Waals surface area contributed by atoms with Gasteiger partial charge in [-0.05, 0) is 30.7 Å². The Hall–Kier alpha value is -1.91. The molecule has 1 N–H and O–H groups in total. The van der Waals surface area contributed by atoms with Crippen LogP contribution in [-0.4, -0.2) is 25.5 Å². The van der Waals surface area contributed by atoms with E-state index < -0.39 is 0 Å². The topological polar surface area (TPSA) is 51.0 Å². The number of methoxy groups -OCH3 is 2. The fraction of sp³-hybridized carbons (Fsp3) is 0.188. The first kappa shape index (κ1) is 16.5. The molecule has 0 aliphatic rings. The molecule has 0 bridgehead atoms. The van der Waals surface area contributed by atoms with E-state index in [4.69, 9.17) is 32.7 Å². The maximum Gasteiger partial charge on any atom is 0.162 e. The molecule has 0 aromatic heterocycles. The van der Waals surface area contributed by atoms with E-state index >= 15 is 0 Å². The average molecular weight is 340 g/mol. The van der Waals surface area contributed by atoms with Crippen LogP contribution < -0.4 is 9.47 Å². The van der Waals surface area contributed by atoms with E-state index in [1.165, 1.54) is 12.3 Å². The highest BCUT2D eigenvalue weighted by Crippen LogP contribution is 2.35. The van der Waals surface area contributed by atoms with Gasteiger partial charge in [0.05, 0.1) is 24.9 Å². The third-order valence-corrected chi connectivity index (χ3v) is 3.61. The van der Waals surface area contributed by atoms with Gasteiger partial charge in [-0.25, -0.2) is 0 Å². The van der Waals surface area contributed by atoms with Crippen molar-refractivity contribution >= 4 is 35.1 Å². The number of halogens is 2. The second-order valence-corrected chi connectivity index (χ2v) is 5.42. The van der Waals surface area contributed by atoms with E-state index in [9.17, 15) is 5.11 Å². The largest absolute Gasteiger partial charge is 0.506 e. The number of aromatic hydroxyl groups is 1. The lowest BCUT2D eigenvalue weighted by molar-refractivity contribution is 0.355. The maximum absolute atomic E-state index is 9.93. The predicted octanol–water partition coefficient (Wildman–Crippen LogP) is 4.78. The van der Waals surface area contributed by atoms with Crippen LogP contribution in [0.2, 0.25) is 10.0 Å². The third kappa shape index (κ3) is 3.46. The molecule has 0 saturated carbocycles. The van der Waals surface area contributed by atoms with Crippen molar-refractivity contribution in [1.82, 2.24) is 0 Å². The summed E-state index contributed by atoms with van der Waals surface area (Å²) in [6.07, 6.45) is 1.50. The van der Waals surface area contributed by atoms with Gasteiger partial charge in [0.1, 0.15) is 5.75 Å². The second-order valence-electron chi connectivity index (χ2n) is 4.58. The minimum absolute atomic E-state index is 0.0621. The van der Waals surface area contributed by atoms with Gasteiger partial charge in [-0.3, -0.25) is 4.99 Å². The molecule has 0 spiro atoms. The van der Waals surface area contributed by atoms with Crippen molar-refractivity contribution in [2.24, 2.45) is 4.99 Å². The van der Waals surface area contributed by atoms with Gasteiger partial charge in [0.25, 0.3) is 0 Å². The van der Waals surface area contributed by atoms with Crippen molar-refractivity contribution < 1.29 is 14.6 Å². The van der Waals surface area contributed by atoms with Crippen LogP contribution in [0.25, 0.3) is 0 Å². The Morgan fingerprint density at radius 2 is 1.68 bits per heavy atom. The van der Waals surface area contributed by atoms with Gasteiger partial charge in [-0.1, -0.05) is 23.2 Å². The Morgan fingerprint density at radius 3 is 2.32 bits per heavy atom. The molecule has 0 atom stereocenters. The first-order valence-electron chi connectivity index (χ1n) is 6.41. The molecule has 0 radical (unpaired) electrons. The van der Waals surface area contributed by atoms with Gasteiger partial charge in [0, 0.05) is 22.9 Å². The van der Waals surface area contributed by atoms with Crippen molar-refractivity contribution in [2.45, 2.75) is 6.92 Å². The van der Waals surface area contributed by atoms with Crippen LogP contribution in [0.1, 0.15) is 11.1 Å². The molecule has 0 heterocycles. The quantitative estimate of drug-likeness (QED) is 0.815. The van der Waals surface area contributed by atoms with Crippen LogP contribution >= 0.6 is 23.2 Å². The average Bonchev–Trinajstić information content (AvgIpc) is 2.49. The molecule has 0 saturated heterocycles. The van der Waals surface area contributed by atoms with Crippen LogP contribution in [0.5, 0.6) is 17.2 Å². The van der Waals surface area contributed by atoms with Crippen molar-refractivity contribution in [3.63, 3.8) is 0 Å². The summed E-state index contributed by atoms with van der Waals surface area (Å²) < 4.78 is 10.5. The van der Waals surface area contributed by atoms with Crippen molar-refractivity contribution in [2.75, 3.05) is 14.2 Å². The van der Waals surface area contributed by atoms with E-state index in [0.717, 1.165) is 5.56 Å². The van der Waals surface area contributed by atoms with Crippen LogP contribution in [-0.2, 0) is 0 Å². The summed E-state index contributed by atoms with van der Waals surface area (Å²) in [5, 5.41) is 10.5. The first-order chi connectivity index (χ1) is 10.5. The number of rotatable bonds is 4. The summed E-state index contributed by atoms with van der Waals surface area (Å²) in [5.41, 5.74) is 2.03. The fourth-order valence-electron chi connectivity index (χ4n) is 1.93. The Morgan fingerprint density at radius 1 is 1.05 bits per heavy atom. The zero-order valence-electron chi connectivity index (χ0n) is 12.4. The SMILES string of the molecule is COc1cc(C)c(N=Cc2cc(Cl)cc(Cl)c2O)cc1OC. The Labute approximate surface area is 138 Å². The summed E-state index contributed by atoms with van der Waals surface area (Å²) in [4.78, 5) is 4.37. The van der Waals surface area contributed by atoms with Crippen LogP contribution in [0.3, 0.4) is 0 Å². The zero-order valence-corrected chi connectivity index (χ0v) is 13.9. The minimum Gasteiger partial charge on any atom is -0.506 e. The standard InChI is InChI=1S/C16H15Cl2NO3/c1-9-4-14(21-2)15(22-3)7-13(9)19-8-10-5-11(17)6-12(18)16(10)20/h4-8,20H,1-3H3. The molecule has 4 nitrogen and oxygen atoms in total. The van der Waals surface area contributed by atoms with Crippen molar-refractivity contribution in [3.8, 4) is 17.2 Å². The molecule has 0 fully saturated rings. The highest BCUT2D eigenvalue weighted by atomic mass is 35.5. The number of benzene rings is 2. The molecule has 6 heteroatoms. The number of aryl methyl sites for hydroxylation is 1. The van der Waals surface area contributed by atoms with E-state index in [-0.39, 0.29) is 10.8 Å². The molecule has 116 valence electrons. The number of phenolic OH excluding ortho intramolecular Hbond substituents is 1. The highest BCUT2D eigenvalue weighted by molar-refractivity contribution is 6.36. The lowest BCUT2D eigenvalue weighted by Gasteiger charge is -2.10. The van der Waals surface area contributed by atoms with Gasteiger partial charge in [0.15, 0.2) is 11.5 Å². The third-order valence-electron chi connectivity index (χ3n) is 3.10. The maximum atomic E-state index is 9.93. The zero-order chi connectivity index (χ0) is 16.3. The molecule has 2 rings (SSSR count). The molecular formula is C16H15Cl2NO3. The number of ether oxygens (including phenoxy) is 2. The van der Waals surface area contributed by atoms with Crippen LogP contribution in [0, 0.1) is 6.92 Å². The number of hydrogen-bond acceptors (Lipinski definition) is 4. The molecule has 0 amide bonds. The van der Waals surface area contributed by atoms with Crippen LogP contribution in [0.15, 0.2) is 29.3 Å². The molecule has 0 aliphatic carbocycles. The fourth-order valence-corrected chi connectivity index (χ4v) is 2.44. The number of phenols is 1. The summed E-state index contributed by atoms with van der Waals surface area (Å²) in [6, 6.07) is 6.64. The normalized spacial score (nSPS) is 11.0. The van der Waals surface area contributed by atoms with E-state index in [2.05, 4.69) is 4.99 Å². The lowest BCUT2D eigenvalue weighted by atomic mass is 10.1. The molecule has 2 aromatic rings. The summed E-state index contributed by atoms with van der Waals surface area (Å²) >= 11 is 11.8. The molecule has 22 heavy (non-hydrogen) atoms. The molecular weight excluding hydrogens is 325 g/mol. The van der Waals surface area contributed by atoms with Gasteiger partial charge >= 0.3 is 0 Å².